The molecular formula is C33H47N5O6. The van der Waals surface area contributed by atoms with E-state index in [0.717, 1.165) is 22.9 Å². The van der Waals surface area contributed by atoms with Crippen molar-refractivity contribution in [1.29, 1.82) is 0 Å². The standard InChI is InChI=1S/C33H47N5O6/c1-6-9-13-23(27(39)8-3)29-32(42)34-24(18-21-19-38(44-5)25-15-11-10-14-22(21)25)30(40)35-28(20(4)7-2)33(43)37-17-12-16-26(37)31(41)36-29/h10-11,14-15,19-20,23-24,26,28-29H,6-9,12-13,16-18H2,1-5H3,(H,34,42)(H,35,40)(H,36,41)/t20-,23?,24-,26+,28?,29-/m0/s1. The number of hydrogen-bond acceptors (Lipinski definition) is 6. The second kappa shape index (κ2) is 14.7. The molecule has 3 heterocycles. The van der Waals surface area contributed by atoms with Crippen LogP contribution in [0.3, 0.4) is 0 Å². The molecule has 2 aromatic rings. The van der Waals surface area contributed by atoms with Crippen LogP contribution in [0.4, 0.5) is 0 Å². The van der Waals surface area contributed by atoms with E-state index in [1.807, 2.05) is 45.0 Å². The summed E-state index contributed by atoms with van der Waals surface area (Å²) in [6.07, 6.45) is 5.71. The van der Waals surface area contributed by atoms with Gasteiger partial charge in [0.1, 0.15) is 37.1 Å². The van der Waals surface area contributed by atoms with Crippen LogP contribution in [0.25, 0.3) is 10.9 Å². The van der Waals surface area contributed by atoms with E-state index < -0.39 is 47.8 Å². The Morgan fingerprint density at radius 1 is 1.00 bits per heavy atom. The third-order valence-corrected chi connectivity index (χ3v) is 9.24. The summed E-state index contributed by atoms with van der Waals surface area (Å²) in [7, 11) is 1.54. The first kappa shape index (κ1) is 33.0. The molecule has 0 radical (unpaired) electrons. The number of nitrogens with zero attached hydrogens (tertiary/aromatic N) is 2. The Kier molecular flexibility index (Phi) is 11.0. The highest BCUT2D eigenvalue weighted by atomic mass is 16.6. The van der Waals surface area contributed by atoms with Crippen LogP contribution in [0.2, 0.25) is 0 Å². The summed E-state index contributed by atoms with van der Waals surface area (Å²) in [5.74, 6) is -2.95. The fourth-order valence-electron chi connectivity index (χ4n) is 6.44. The van der Waals surface area contributed by atoms with E-state index in [0.29, 0.717) is 38.6 Å². The minimum Gasteiger partial charge on any atom is -0.417 e. The molecule has 2 aliphatic rings. The van der Waals surface area contributed by atoms with Crippen LogP contribution in [0.5, 0.6) is 0 Å². The van der Waals surface area contributed by atoms with Gasteiger partial charge in [0.2, 0.25) is 23.6 Å². The molecule has 0 aliphatic carbocycles. The minimum atomic E-state index is -1.18. The van der Waals surface area contributed by atoms with Gasteiger partial charge in [-0.15, -0.1) is 0 Å². The zero-order chi connectivity index (χ0) is 32.0. The van der Waals surface area contributed by atoms with Crippen LogP contribution in [-0.4, -0.2) is 76.9 Å². The highest BCUT2D eigenvalue weighted by molar-refractivity contribution is 6.00. The Morgan fingerprint density at radius 3 is 2.41 bits per heavy atom. The first-order valence-electron chi connectivity index (χ1n) is 16.0. The second-order valence-electron chi connectivity index (χ2n) is 12.1. The number of Topliss-reactive ketones (excluding diaryl/α,β-unsaturated/α-hetero) is 1. The van der Waals surface area contributed by atoms with E-state index in [-0.39, 0.29) is 30.4 Å². The van der Waals surface area contributed by atoms with Crippen LogP contribution in [0.15, 0.2) is 30.5 Å². The molecule has 4 amide bonds. The van der Waals surface area contributed by atoms with Gasteiger partial charge in [-0.05, 0) is 36.8 Å². The van der Waals surface area contributed by atoms with Crippen molar-refractivity contribution in [2.45, 2.75) is 103 Å². The summed E-state index contributed by atoms with van der Waals surface area (Å²) in [4.78, 5) is 76.2. The van der Waals surface area contributed by atoms with Crippen LogP contribution < -0.4 is 20.8 Å². The minimum absolute atomic E-state index is 0.101. The Balaban J connectivity index is 1.79. The average Bonchev–Trinajstić information content (AvgIpc) is 3.66. The number of nitrogens with one attached hydrogen (secondary N) is 3. The zero-order valence-corrected chi connectivity index (χ0v) is 26.6. The van der Waals surface area contributed by atoms with E-state index >= 15 is 0 Å². The number of fused-ring (bicyclic) bond motifs is 2. The summed E-state index contributed by atoms with van der Waals surface area (Å²) >= 11 is 0. The van der Waals surface area contributed by atoms with Gasteiger partial charge in [0.25, 0.3) is 0 Å². The summed E-state index contributed by atoms with van der Waals surface area (Å²) < 4.78 is 1.60. The molecule has 0 saturated carbocycles. The third-order valence-electron chi connectivity index (χ3n) is 9.24. The van der Waals surface area contributed by atoms with Crippen LogP contribution >= 0.6 is 0 Å². The molecule has 2 saturated heterocycles. The van der Waals surface area contributed by atoms with Gasteiger partial charge in [-0.2, -0.15) is 4.73 Å². The van der Waals surface area contributed by atoms with E-state index in [1.54, 1.807) is 25.0 Å². The zero-order valence-electron chi connectivity index (χ0n) is 26.6. The van der Waals surface area contributed by atoms with Gasteiger partial charge in [-0.3, -0.25) is 24.0 Å². The predicted molar refractivity (Wildman–Crippen MR) is 166 cm³/mol. The second-order valence-corrected chi connectivity index (χ2v) is 12.1. The Bertz CT molecular complexity index is 1370. The molecule has 240 valence electrons. The number of aromatic nitrogens is 1. The van der Waals surface area contributed by atoms with Crippen LogP contribution in [0, 0.1) is 11.8 Å². The van der Waals surface area contributed by atoms with Crippen LogP contribution in [-0.2, 0) is 30.4 Å². The number of benzene rings is 1. The fraction of sp³-hybridized carbons (Fsp3) is 0.606. The van der Waals surface area contributed by atoms with Crippen molar-refractivity contribution in [1.82, 2.24) is 25.6 Å². The highest BCUT2D eigenvalue weighted by Gasteiger charge is 2.43. The lowest BCUT2D eigenvalue weighted by atomic mass is 9.87. The summed E-state index contributed by atoms with van der Waals surface area (Å²) in [6, 6.07) is 3.67. The molecule has 1 aromatic carbocycles. The molecule has 2 fully saturated rings. The van der Waals surface area contributed by atoms with E-state index in [2.05, 4.69) is 16.0 Å². The molecule has 2 unspecified atom stereocenters. The Hall–Kier alpha value is -3.89. The predicted octanol–water partition coefficient (Wildman–Crippen LogP) is 2.53. The molecular weight excluding hydrogens is 562 g/mol. The topological polar surface area (TPSA) is 139 Å². The van der Waals surface area contributed by atoms with Gasteiger partial charge >= 0.3 is 0 Å². The lowest BCUT2D eigenvalue weighted by molar-refractivity contribution is -0.145. The van der Waals surface area contributed by atoms with Crippen molar-refractivity contribution in [3.05, 3.63) is 36.0 Å². The molecule has 4 rings (SSSR count). The largest absolute Gasteiger partial charge is 0.417 e. The van der Waals surface area contributed by atoms with Crippen molar-refractivity contribution >= 4 is 40.3 Å². The first-order valence-corrected chi connectivity index (χ1v) is 16.0. The van der Waals surface area contributed by atoms with Crippen LogP contribution in [0.1, 0.15) is 78.2 Å². The van der Waals surface area contributed by atoms with E-state index in [4.69, 9.17) is 4.84 Å². The molecule has 6 atom stereocenters. The van der Waals surface area contributed by atoms with Gasteiger partial charge in [-0.25, -0.2) is 0 Å². The van der Waals surface area contributed by atoms with Gasteiger partial charge < -0.3 is 25.7 Å². The van der Waals surface area contributed by atoms with Gasteiger partial charge in [-0.1, -0.05) is 65.2 Å². The van der Waals surface area contributed by atoms with E-state index in [9.17, 15) is 24.0 Å². The smallest absolute Gasteiger partial charge is 0.246 e. The number of amides is 4. The summed E-state index contributed by atoms with van der Waals surface area (Å²) in [5, 5.41) is 9.57. The van der Waals surface area contributed by atoms with Crippen molar-refractivity contribution in [3.63, 3.8) is 0 Å². The lowest BCUT2D eigenvalue weighted by Crippen LogP contribution is -2.64. The molecule has 44 heavy (non-hydrogen) atoms. The number of rotatable bonds is 11. The maximum atomic E-state index is 14.1. The average molecular weight is 610 g/mol. The Morgan fingerprint density at radius 2 is 1.73 bits per heavy atom. The third kappa shape index (κ3) is 6.92. The quantitative estimate of drug-likeness (QED) is 0.358. The fourth-order valence-corrected chi connectivity index (χ4v) is 6.44. The number of carbonyl (C=O) groups is 5. The molecule has 3 N–H and O–H groups in total. The highest BCUT2D eigenvalue weighted by Crippen LogP contribution is 2.26. The number of para-hydroxylation sites is 1. The van der Waals surface area contributed by atoms with Crippen molar-refractivity contribution in [3.8, 4) is 0 Å². The Labute approximate surface area is 259 Å². The molecule has 0 bridgehead atoms. The number of hydrogen-bond donors (Lipinski definition) is 3. The lowest BCUT2D eigenvalue weighted by Gasteiger charge is -2.35. The molecule has 2 aliphatic heterocycles. The summed E-state index contributed by atoms with van der Waals surface area (Å²) in [5.41, 5.74) is 1.56. The maximum Gasteiger partial charge on any atom is 0.246 e. The van der Waals surface area contributed by atoms with Gasteiger partial charge in [0, 0.05) is 36.9 Å². The van der Waals surface area contributed by atoms with Gasteiger partial charge in [0.15, 0.2) is 0 Å². The van der Waals surface area contributed by atoms with Crippen molar-refractivity contribution < 1.29 is 28.8 Å². The molecule has 11 nitrogen and oxygen atoms in total. The monoisotopic (exact) mass is 609 g/mol. The number of unbranched alkanes of at least 4 members (excludes halogenated alkanes) is 1. The van der Waals surface area contributed by atoms with Crippen molar-refractivity contribution in [2.75, 3.05) is 13.7 Å². The molecule has 0 spiro atoms. The van der Waals surface area contributed by atoms with Gasteiger partial charge in [0.05, 0.1) is 5.52 Å². The first-order chi connectivity index (χ1) is 21.1. The normalized spacial score (nSPS) is 24.4. The molecule has 1 aromatic heterocycles. The SMILES string of the molecule is CCCCC(C(=O)CC)[C@@H]1NC(=O)[C@H]2CCCN2C(=O)C([C@@H](C)CC)NC(=O)[C@H](Cc2cn(OC)c3ccccc23)NC1=O. The number of ketones is 1. The van der Waals surface area contributed by atoms with Crippen molar-refractivity contribution in [2.24, 2.45) is 11.8 Å². The maximum absolute atomic E-state index is 14.1. The van der Waals surface area contributed by atoms with E-state index in [1.165, 1.54) is 4.90 Å². The molecule has 11 heteroatoms. The number of carbonyl (C=O) groups excluding carboxylic acids is 5. The summed E-state index contributed by atoms with van der Waals surface area (Å²) in [6.45, 7) is 7.96.